The molecule has 0 amide bonds. The van der Waals surface area contributed by atoms with Crippen molar-refractivity contribution in [2.24, 2.45) is 0 Å². The Labute approximate surface area is 87.0 Å². The summed E-state index contributed by atoms with van der Waals surface area (Å²) in [5, 5.41) is 0. The highest BCUT2D eigenvalue weighted by atomic mass is 32.2. The highest BCUT2D eigenvalue weighted by molar-refractivity contribution is 7.98. The van der Waals surface area contributed by atoms with E-state index in [2.05, 4.69) is 0 Å². The molecule has 0 heterocycles. The van der Waals surface area contributed by atoms with Crippen molar-refractivity contribution in [1.82, 2.24) is 0 Å². The first-order chi connectivity index (χ1) is 6.58. The highest BCUT2D eigenvalue weighted by Crippen LogP contribution is 2.20. The largest absolute Gasteiger partial charge is 0.616 e. The smallest absolute Gasteiger partial charge is 0.238 e. The summed E-state index contributed by atoms with van der Waals surface area (Å²) in [4.78, 5) is 0. The Hall–Kier alpha value is -0.423. The van der Waals surface area contributed by atoms with E-state index >= 15 is 0 Å². The van der Waals surface area contributed by atoms with E-state index in [0.717, 1.165) is 5.56 Å². The Morgan fingerprint density at radius 2 is 1.71 bits per heavy atom. The van der Waals surface area contributed by atoms with Crippen molar-refractivity contribution in [2.45, 2.75) is 11.8 Å². The predicted molar refractivity (Wildman–Crippen MR) is 56.5 cm³/mol. The molecule has 0 nitrogen and oxygen atoms in total. The van der Waals surface area contributed by atoms with Crippen LogP contribution in [0.3, 0.4) is 0 Å². The van der Waals surface area contributed by atoms with E-state index in [4.69, 9.17) is 0 Å². The minimum Gasteiger partial charge on any atom is -0.238 e. The topological polar surface area (TPSA) is 0 Å². The van der Waals surface area contributed by atoms with Gasteiger partial charge >= 0.3 is 9.08 Å². The summed E-state index contributed by atoms with van der Waals surface area (Å²) in [7, 11) is -5.32. The number of benzene rings is 1. The molecular weight excluding hydrogens is 225 g/mol. The fourth-order valence-corrected chi connectivity index (χ4v) is 3.03. The number of rotatable bonds is 5. The van der Waals surface area contributed by atoms with Gasteiger partial charge in [0.15, 0.2) is 0 Å². The maximum absolute atomic E-state index is 11.9. The average molecular weight is 236 g/mol. The lowest BCUT2D eigenvalue weighted by molar-refractivity contribution is 0.473. The molecule has 1 rings (SSSR count). The van der Waals surface area contributed by atoms with Gasteiger partial charge in [-0.05, 0) is 11.3 Å². The van der Waals surface area contributed by atoms with Crippen LogP contribution in [0.25, 0.3) is 0 Å². The van der Waals surface area contributed by atoms with Crippen LogP contribution in [-0.4, -0.2) is 14.8 Å². The fraction of sp³-hybridized carbons (Fsp3) is 0.333. The van der Waals surface area contributed by atoms with Crippen molar-refractivity contribution >= 4 is 20.8 Å². The van der Waals surface area contributed by atoms with Crippen LogP contribution in [0, 0.1) is 0 Å². The Morgan fingerprint density at radius 1 is 1.07 bits per heavy atom. The molecule has 14 heavy (non-hydrogen) atoms. The molecule has 0 aliphatic carbocycles. The molecule has 0 saturated carbocycles. The lowest BCUT2D eigenvalue weighted by Gasteiger charge is -2.02. The Bertz CT molecular complexity index is 261. The summed E-state index contributed by atoms with van der Waals surface area (Å²) in [6.07, 6.45) is 0. The molecule has 0 radical (unpaired) electrons. The van der Waals surface area contributed by atoms with Gasteiger partial charge in [0.25, 0.3) is 0 Å². The number of thioether (sulfide) groups is 1. The second-order valence-corrected chi connectivity index (χ2v) is 5.74. The molecule has 0 aliphatic heterocycles. The maximum Gasteiger partial charge on any atom is 0.616 e. The second-order valence-electron chi connectivity index (χ2n) is 2.90. The molecule has 5 heteroatoms. The van der Waals surface area contributed by atoms with Crippen LogP contribution in [0.4, 0.5) is 12.3 Å². The van der Waals surface area contributed by atoms with Crippen LogP contribution in [-0.2, 0) is 5.75 Å². The van der Waals surface area contributed by atoms with Gasteiger partial charge in [0.2, 0.25) is 0 Å². The Morgan fingerprint density at radius 3 is 2.29 bits per heavy atom. The van der Waals surface area contributed by atoms with Crippen molar-refractivity contribution < 1.29 is 12.3 Å². The lowest BCUT2D eigenvalue weighted by Crippen LogP contribution is -2.14. The maximum atomic E-state index is 11.9. The van der Waals surface area contributed by atoms with Gasteiger partial charge in [0, 0.05) is 11.8 Å². The summed E-state index contributed by atoms with van der Waals surface area (Å²) in [5.41, 5.74) is 1.08. The zero-order chi connectivity index (χ0) is 10.4. The number of hydrogen-bond acceptors (Lipinski definition) is 1. The van der Waals surface area contributed by atoms with E-state index in [9.17, 15) is 12.3 Å². The molecule has 0 saturated heterocycles. The van der Waals surface area contributed by atoms with Crippen LogP contribution < -0.4 is 0 Å². The molecular formula is C9H11F3SSi. The molecule has 0 spiro atoms. The summed E-state index contributed by atoms with van der Waals surface area (Å²) in [6.45, 7) is 0. The molecule has 0 aromatic heterocycles. The summed E-state index contributed by atoms with van der Waals surface area (Å²) < 4.78 is 35.7. The van der Waals surface area contributed by atoms with Gasteiger partial charge in [-0.1, -0.05) is 30.3 Å². The lowest BCUT2D eigenvalue weighted by atomic mass is 10.2. The van der Waals surface area contributed by atoms with E-state index in [1.807, 2.05) is 30.3 Å². The zero-order valence-corrected chi connectivity index (χ0v) is 9.37. The molecule has 0 bridgehead atoms. The zero-order valence-electron chi connectivity index (χ0n) is 7.55. The van der Waals surface area contributed by atoms with Crippen LogP contribution in [0.1, 0.15) is 5.56 Å². The van der Waals surface area contributed by atoms with Gasteiger partial charge in [0.05, 0.1) is 0 Å². The molecule has 78 valence electrons. The number of halogens is 3. The molecule has 0 aliphatic rings. The van der Waals surface area contributed by atoms with E-state index in [-0.39, 0.29) is 5.75 Å². The van der Waals surface area contributed by atoms with E-state index in [0.29, 0.717) is 5.75 Å². The second kappa shape index (κ2) is 5.46. The molecule has 0 unspecified atom stereocenters. The highest BCUT2D eigenvalue weighted by Gasteiger charge is 2.35. The van der Waals surface area contributed by atoms with E-state index in [1.54, 1.807) is 0 Å². The summed E-state index contributed by atoms with van der Waals surface area (Å²) in [5.74, 6) is 0.871. The van der Waals surface area contributed by atoms with E-state index < -0.39 is 15.1 Å². The average Bonchev–Trinajstić information content (AvgIpc) is 2.13. The molecule has 0 atom stereocenters. The van der Waals surface area contributed by atoms with Crippen molar-refractivity contribution in [2.75, 3.05) is 5.75 Å². The summed E-state index contributed by atoms with van der Waals surface area (Å²) >= 11 is 1.35. The van der Waals surface area contributed by atoms with Crippen molar-refractivity contribution in [1.29, 1.82) is 0 Å². The van der Waals surface area contributed by atoms with Crippen LogP contribution >= 0.6 is 11.8 Å². The van der Waals surface area contributed by atoms with Crippen LogP contribution in [0.5, 0.6) is 0 Å². The van der Waals surface area contributed by atoms with Crippen LogP contribution in [0.15, 0.2) is 30.3 Å². The van der Waals surface area contributed by atoms with Gasteiger partial charge < -0.3 is 0 Å². The minimum absolute atomic E-state index is 0.199. The SMILES string of the molecule is F[Si](F)(F)CCSCc1ccccc1. The van der Waals surface area contributed by atoms with Crippen molar-refractivity contribution in [3.8, 4) is 0 Å². The third kappa shape index (κ3) is 5.34. The molecule has 1 aromatic carbocycles. The van der Waals surface area contributed by atoms with Crippen LogP contribution in [0.2, 0.25) is 6.04 Å². The first-order valence-corrected chi connectivity index (χ1v) is 7.26. The third-order valence-corrected chi connectivity index (χ3v) is 3.85. The van der Waals surface area contributed by atoms with Crippen molar-refractivity contribution in [3.05, 3.63) is 35.9 Å². The quantitative estimate of drug-likeness (QED) is 0.426. The summed E-state index contributed by atoms with van der Waals surface area (Å²) in [6, 6.07) is 8.99. The predicted octanol–water partition coefficient (Wildman–Crippen LogP) is 3.77. The first-order valence-electron chi connectivity index (χ1n) is 4.26. The number of hydrogen-bond donors (Lipinski definition) is 0. The van der Waals surface area contributed by atoms with Gasteiger partial charge in [0.1, 0.15) is 0 Å². The Balaban J connectivity index is 2.17. The van der Waals surface area contributed by atoms with Gasteiger partial charge in [-0.15, -0.1) is 0 Å². The molecule has 1 aromatic rings. The normalized spacial score (nSPS) is 11.6. The monoisotopic (exact) mass is 236 g/mol. The minimum atomic E-state index is -5.32. The molecule has 0 fully saturated rings. The van der Waals surface area contributed by atoms with Gasteiger partial charge in [-0.3, -0.25) is 0 Å². The van der Waals surface area contributed by atoms with Gasteiger partial charge in [-0.25, -0.2) is 12.3 Å². The van der Waals surface area contributed by atoms with Crippen molar-refractivity contribution in [3.63, 3.8) is 0 Å². The first kappa shape index (κ1) is 11.7. The fourth-order valence-electron chi connectivity index (χ4n) is 0.952. The standard InChI is InChI=1S/C9H11F3SSi/c10-14(11,12)7-6-13-8-9-4-2-1-3-5-9/h1-5H,6-8H2. The third-order valence-electron chi connectivity index (χ3n) is 1.64. The van der Waals surface area contributed by atoms with E-state index in [1.165, 1.54) is 11.8 Å². The van der Waals surface area contributed by atoms with Gasteiger partial charge in [-0.2, -0.15) is 11.8 Å². The Kier molecular flexibility index (Phi) is 4.54. The molecule has 0 N–H and O–H groups in total.